The first kappa shape index (κ1) is 19.2. The van der Waals surface area contributed by atoms with E-state index < -0.39 is 0 Å². The maximum absolute atomic E-state index is 4.67. The van der Waals surface area contributed by atoms with Gasteiger partial charge in [0.1, 0.15) is 0 Å². The molecule has 1 unspecified atom stereocenters. The minimum atomic E-state index is 0. The van der Waals surface area contributed by atoms with Crippen LogP contribution in [-0.2, 0) is 6.54 Å². The summed E-state index contributed by atoms with van der Waals surface area (Å²) in [5.41, 5.74) is 1.24. The number of nitrogens with one attached hydrogen (secondary N) is 2. The summed E-state index contributed by atoms with van der Waals surface area (Å²) in [6.45, 7) is 9.32. The van der Waals surface area contributed by atoms with E-state index in [1.54, 1.807) is 0 Å². The maximum atomic E-state index is 4.67. The second-order valence-electron chi connectivity index (χ2n) is 5.49. The molecular formula is C17H29IN4. The topological polar surface area (TPSA) is 39.7 Å². The molecule has 0 spiro atoms. The third-order valence-electron chi connectivity index (χ3n) is 4.02. The summed E-state index contributed by atoms with van der Waals surface area (Å²) in [4.78, 5) is 7.22. The molecular weight excluding hydrogens is 387 g/mol. The molecule has 0 saturated carbocycles. The van der Waals surface area contributed by atoms with Crippen LogP contribution in [0.2, 0.25) is 0 Å². The van der Waals surface area contributed by atoms with Crippen LogP contribution in [0, 0.1) is 0 Å². The lowest BCUT2D eigenvalue weighted by molar-refractivity contribution is 0.267. The molecule has 1 atom stereocenters. The largest absolute Gasteiger partial charge is 0.357 e. The monoisotopic (exact) mass is 416 g/mol. The molecule has 2 rings (SSSR count). The van der Waals surface area contributed by atoms with Gasteiger partial charge in [-0.2, -0.15) is 0 Å². The van der Waals surface area contributed by atoms with Gasteiger partial charge in [-0.3, -0.25) is 4.90 Å². The fourth-order valence-electron chi connectivity index (χ4n) is 2.85. The van der Waals surface area contributed by atoms with Crippen LogP contribution in [0.1, 0.15) is 32.3 Å². The van der Waals surface area contributed by atoms with Gasteiger partial charge in [0.05, 0.1) is 6.54 Å². The van der Waals surface area contributed by atoms with Crippen LogP contribution in [0.3, 0.4) is 0 Å². The van der Waals surface area contributed by atoms with Crippen LogP contribution in [0.4, 0.5) is 0 Å². The standard InChI is InChI=1S/C17H28N4.HI/c1-3-18-17(19-13-15-9-6-5-7-10-15)20-14-16-11-8-12-21(16)4-2;/h5-7,9-10,16H,3-4,8,11-14H2,1-2H3,(H2,18,19,20);1H. The molecule has 0 aromatic heterocycles. The van der Waals surface area contributed by atoms with E-state index in [9.17, 15) is 0 Å². The summed E-state index contributed by atoms with van der Waals surface area (Å²) in [5, 5.41) is 6.82. The molecule has 4 nitrogen and oxygen atoms in total. The maximum Gasteiger partial charge on any atom is 0.191 e. The van der Waals surface area contributed by atoms with Gasteiger partial charge in [0.25, 0.3) is 0 Å². The van der Waals surface area contributed by atoms with Crippen LogP contribution in [0.15, 0.2) is 35.3 Å². The summed E-state index contributed by atoms with van der Waals surface area (Å²) in [6, 6.07) is 11.0. The van der Waals surface area contributed by atoms with Gasteiger partial charge < -0.3 is 10.6 Å². The smallest absolute Gasteiger partial charge is 0.191 e. The van der Waals surface area contributed by atoms with Crippen molar-refractivity contribution < 1.29 is 0 Å². The highest BCUT2D eigenvalue weighted by Crippen LogP contribution is 2.15. The van der Waals surface area contributed by atoms with Crippen LogP contribution in [-0.4, -0.2) is 43.1 Å². The molecule has 1 aromatic carbocycles. The molecule has 1 aromatic rings. The van der Waals surface area contributed by atoms with Crippen molar-refractivity contribution in [2.75, 3.05) is 26.2 Å². The Bertz CT molecular complexity index is 436. The zero-order valence-electron chi connectivity index (χ0n) is 13.7. The highest BCUT2D eigenvalue weighted by atomic mass is 127. The van der Waals surface area contributed by atoms with Crippen LogP contribution in [0.5, 0.6) is 0 Å². The van der Waals surface area contributed by atoms with Crippen molar-refractivity contribution in [1.29, 1.82) is 0 Å². The molecule has 1 aliphatic heterocycles. The van der Waals surface area contributed by atoms with Crippen molar-refractivity contribution >= 4 is 29.9 Å². The van der Waals surface area contributed by atoms with E-state index in [1.807, 2.05) is 6.07 Å². The number of nitrogens with zero attached hydrogens (tertiary/aromatic N) is 2. The van der Waals surface area contributed by atoms with E-state index >= 15 is 0 Å². The van der Waals surface area contributed by atoms with Gasteiger partial charge in [-0.15, -0.1) is 24.0 Å². The number of rotatable bonds is 6. The molecule has 1 saturated heterocycles. The molecule has 0 bridgehead atoms. The van der Waals surface area contributed by atoms with Crippen molar-refractivity contribution in [3.8, 4) is 0 Å². The first-order chi connectivity index (χ1) is 10.3. The Balaban J connectivity index is 0.00000242. The zero-order valence-corrected chi connectivity index (χ0v) is 16.0. The Morgan fingerprint density at radius 1 is 1.23 bits per heavy atom. The summed E-state index contributed by atoms with van der Waals surface area (Å²) in [6.07, 6.45) is 2.61. The van der Waals surface area contributed by atoms with Crippen molar-refractivity contribution in [2.24, 2.45) is 4.99 Å². The second-order valence-corrected chi connectivity index (χ2v) is 5.49. The molecule has 1 heterocycles. The molecule has 22 heavy (non-hydrogen) atoms. The molecule has 5 heteroatoms. The fourth-order valence-corrected chi connectivity index (χ4v) is 2.85. The van der Waals surface area contributed by atoms with Gasteiger partial charge in [-0.1, -0.05) is 37.3 Å². The predicted octanol–water partition coefficient (Wildman–Crippen LogP) is 2.84. The van der Waals surface area contributed by atoms with E-state index in [0.29, 0.717) is 6.04 Å². The molecule has 1 aliphatic rings. The normalized spacial score (nSPS) is 18.8. The number of likely N-dealkylation sites (tertiary alicyclic amines) is 1. The zero-order chi connectivity index (χ0) is 14.9. The molecule has 2 N–H and O–H groups in total. The number of hydrogen-bond donors (Lipinski definition) is 2. The van der Waals surface area contributed by atoms with Gasteiger partial charge in [-0.05, 0) is 38.4 Å². The summed E-state index contributed by atoms with van der Waals surface area (Å²) >= 11 is 0. The van der Waals surface area contributed by atoms with Crippen molar-refractivity contribution in [2.45, 2.75) is 39.3 Å². The Kier molecular flexibility index (Phi) is 9.47. The van der Waals surface area contributed by atoms with Crippen LogP contribution in [0.25, 0.3) is 0 Å². The highest BCUT2D eigenvalue weighted by Gasteiger charge is 2.22. The van der Waals surface area contributed by atoms with E-state index in [0.717, 1.165) is 32.1 Å². The number of aliphatic imine (C=N–C) groups is 1. The third kappa shape index (κ3) is 6.12. The Morgan fingerprint density at radius 2 is 2.00 bits per heavy atom. The minimum absolute atomic E-state index is 0. The lowest BCUT2D eigenvalue weighted by Crippen LogP contribution is -2.44. The Morgan fingerprint density at radius 3 is 2.68 bits per heavy atom. The van der Waals surface area contributed by atoms with Crippen molar-refractivity contribution in [1.82, 2.24) is 15.5 Å². The lowest BCUT2D eigenvalue weighted by Gasteiger charge is -2.24. The molecule has 124 valence electrons. The summed E-state index contributed by atoms with van der Waals surface area (Å²) < 4.78 is 0. The van der Waals surface area contributed by atoms with E-state index in [-0.39, 0.29) is 24.0 Å². The lowest BCUT2D eigenvalue weighted by atomic mass is 10.2. The highest BCUT2D eigenvalue weighted by molar-refractivity contribution is 14.0. The van der Waals surface area contributed by atoms with E-state index in [4.69, 9.17) is 0 Å². The second kappa shape index (κ2) is 10.8. The first-order valence-electron chi connectivity index (χ1n) is 8.13. The number of benzene rings is 1. The van der Waals surface area contributed by atoms with Crippen LogP contribution < -0.4 is 10.6 Å². The average Bonchev–Trinajstić information content (AvgIpc) is 2.98. The number of halogens is 1. The predicted molar refractivity (Wildman–Crippen MR) is 105 cm³/mol. The number of guanidine groups is 1. The van der Waals surface area contributed by atoms with Crippen molar-refractivity contribution in [3.63, 3.8) is 0 Å². The quantitative estimate of drug-likeness (QED) is 0.426. The van der Waals surface area contributed by atoms with Gasteiger partial charge in [0.2, 0.25) is 0 Å². The van der Waals surface area contributed by atoms with Gasteiger partial charge >= 0.3 is 0 Å². The number of hydrogen-bond acceptors (Lipinski definition) is 2. The summed E-state index contributed by atoms with van der Waals surface area (Å²) in [5.74, 6) is 0.921. The molecule has 0 radical (unpaired) electrons. The number of likely N-dealkylation sites (N-methyl/N-ethyl adjacent to an activating group) is 1. The molecule has 0 aliphatic carbocycles. The van der Waals surface area contributed by atoms with E-state index in [2.05, 4.69) is 58.6 Å². The van der Waals surface area contributed by atoms with E-state index in [1.165, 1.54) is 24.9 Å². The van der Waals surface area contributed by atoms with Gasteiger partial charge in [0.15, 0.2) is 5.96 Å². The molecule has 1 fully saturated rings. The minimum Gasteiger partial charge on any atom is -0.357 e. The SMILES string of the molecule is CCNC(=NCc1ccccc1)NCC1CCCN1CC.I. The fraction of sp³-hybridized carbons (Fsp3) is 0.588. The van der Waals surface area contributed by atoms with Crippen LogP contribution >= 0.6 is 24.0 Å². The average molecular weight is 416 g/mol. The Hall–Kier alpha value is -0.820. The van der Waals surface area contributed by atoms with Gasteiger partial charge in [0, 0.05) is 19.1 Å². The molecule has 0 amide bonds. The van der Waals surface area contributed by atoms with Crippen molar-refractivity contribution in [3.05, 3.63) is 35.9 Å². The third-order valence-corrected chi connectivity index (χ3v) is 4.02. The first-order valence-corrected chi connectivity index (χ1v) is 8.13. The summed E-state index contributed by atoms with van der Waals surface area (Å²) in [7, 11) is 0. The van der Waals surface area contributed by atoms with Gasteiger partial charge in [-0.25, -0.2) is 4.99 Å². The Labute approximate surface area is 151 Å².